The highest BCUT2D eigenvalue weighted by molar-refractivity contribution is 5.83. The maximum absolute atomic E-state index is 13.1. The van der Waals surface area contributed by atoms with Crippen molar-refractivity contribution >= 4 is 11.0 Å². The molecular formula is C27H31NO7. The smallest absolute Gasteiger partial charge is 0.203 e. The first-order chi connectivity index (χ1) is 16.7. The average Bonchev–Trinajstić information content (AvgIpc) is 3.11. The van der Waals surface area contributed by atoms with Crippen molar-refractivity contribution in [1.82, 2.24) is 5.06 Å². The highest BCUT2D eigenvalue weighted by Crippen LogP contribution is 2.53. The molecule has 1 aromatic heterocycles. The summed E-state index contributed by atoms with van der Waals surface area (Å²) in [4.78, 5) is 19.6. The Bertz CT molecular complexity index is 1360. The van der Waals surface area contributed by atoms with Gasteiger partial charge in [-0.3, -0.25) is 9.63 Å². The number of hydrogen-bond acceptors (Lipinski definition) is 8. The van der Waals surface area contributed by atoms with E-state index in [1.54, 1.807) is 34.3 Å². The zero-order valence-corrected chi connectivity index (χ0v) is 21.2. The summed E-state index contributed by atoms with van der Waals surface area (Å²) in [7, 11) is 4.79. The molecule has 8 nitrogen and oxygen atoms in total. The molecule has 0 amide bonds. The van der Waals surface area contributed by atoms with Crippen LogP contribution < -0.4 is 24.4 Å². The van der Waals surface area contributed by atoms with E-state index in [4.69, 9.17) is 28.2 Å². The summed E-state index contributed by atoms with van der Waals surface area (Å²) >= 11 is 0. The van der Waals surface area contributed by atoms with E-state index in [1.165, 1.54) is 0 Å². The van der Waals surface area contributed by atoms with E-state index in [9.17, 15) is 4.79 Å². The number of ether oxygens (including phenoxy) is 4. The van der Waals surface area contributed by atoms with Crippen molar-refractivity contribution in [2.75, 3.05) is 27.9 Å². The van der Waals surface area contributed by atoms with E-state index in [2.05, 4.69) is 13.8 Å². The molecule has 186 valence electrons. The first-order valence-corrected chi connectivity index (χ1v) is 11.6. The summed E-state index contributed by atoms with van der Waals surface area (Å²) in [5.41, 5.74) is 2.35. The lowest BCUT2D eigenvalue weighted by Gasteiger charge is -2.33. The fourth-order valence-corrected chi connectivity index (χ4v) is 5.28. The summed E-state index contributed by atoms with van der Waals surface area (Å²) in [6.45, 7) is 8.63. The first-order valence-electron chi connectivity index (χ1n) is 11.6. The molecule has 2 atom stereocenters. The summed E-state index contributed by atoms with van der Waals surface area (Å²) in [6.07, 6.45) is 0. The molecule has 0 unspecified atom stereocenters. The van der Waals surface area contributed by atoms with E-state index in [0.717, 1.165) is 11.1 Å². The van der Waals surface area contributed by atoms with E-state index in [1.807, 2.05) is 30.2 Å². The van der Waals surface area contributed by atoms with Crippen molar-refractivity contribution in [1.29, 1.82) is 0 Å². The van der Waals surface area contributed by atoms with E-state index in [-0.39, 0.29) is 17.4 Å². The van der Waals surface area contributed by atoms with Crippen LogP contribution in [-0.4, -0.2) is 38.6 Å². The van der Waals surface area contributed by atoms with Crippen LogP contribution >= 0.6 is 0 Å². The lowest BCUT2D eigenvalue weighted by molar-refractivity contribution is -0.202. The minimum atomic E-state index is -0.506. The van der Waals surface area contributed by atoms with Crippen LogP contribution in [0, 0.1) is 19.8 Å². The molecular weight excluding hydrogens is 450 g/mol. The molecule has 3 heterocycles. The Labute approximate surface area is 204 Å². The number of benzene rings is 2. The van der Waals surface area contributed by atoms with Crippen LogP contribution in [-0.2, 0) is 11.4 Å². The topological polar surface area (TPSA) is 79.6 Å². The summed E-state index contributed by atoms with van der Waals surface area (Å²) < 4.78 is 29.2. The molecule has 1 fully saturated rings. The molecule has 2 aromatic carbocycles. The molecule has 0 aliphatic carbocycles. The third kappa shape index (κ3) is 3.54. The number of hydrogen-bond donors (Lipinski definition) is 0. The highest BCUT2D eigenvalue weighted by atomic mass is 16.7. The van der Waals surface area contributed by atoms with Crippen molar-refractivity contribution < 1.29 is 28.2 Å². The second-order valence-electron chi connectivity index (χ2n) is 9.59. The lowest BCUT2D eigenvalue weighted by Crippen LogP contribution is -2.37. The van der Waals surface area contributed by atoms with Crippen molar-refractivity contribution in [3.05, 3.63) is 56.9 Å². The molecule has 3 aromatic rings. The molecule has 0 N–H and O–H groups in total. The van der Waals surface area contributed by atoms with Gasteiger partial charge >= 0.3 is 0 Å². The molecule has 0 bridgehead atoms. The van der Waals surface area contributed by atoms with E-state index in [0.29, 0.717) is 58.4 Å². The van der Waals surface area contributed by atoms with Crippen LogP contribution in [0.25, 0.3) is 11.0 Å². The Morgan fingerprint density at radius 2 is 1.77 bits per heavy atom. The number of rotatable bonds is 5. The monoisotopic (exact) mass is 481 g/mol. The van der Waals surface area contributed by atoms with E-state index < -0.39 is 5.60 Å². The maximum atomic E-state index is 13.1. The molecule has 1 saturated heterocycles. The van der Waals surface area contributed by atoms with Crippen LogP contribution in [0.15, 0.2) is 33.5 Å². The lowest BCUT2D eigenvalue weighted by atomic mass is 9.80. The zero-order valence-electron chi connectivity index (χ0n) is 21.2. The van der Waals surface area contributed by atoms with Gasteiger partial charge in [-0.25, -0.2) is 0 Å². The van der Waals surface area contributed by atoms with Gasteiger partial charge in [-0.2, -0.15) is 5.06 Å². The van der Waals surface area contributed by atoms with Gasteiger partial charge in [-0.1, -0.05) is 0 Å². The molecule has 0 saturated carbocycles. The fraction of sp³-hybridized carbons (Fsp3) is 0.444. The Kier molecular flexibility index (Phi) is 5.68. The van der Waals surface area contributed by atoms with Gasteiger partial charge in [0.1, 0.15) is 17.1 Å². The van der Waals surface area contributed by atoms with Gasteiger partial charge in [0, 0.05) is 17.0 Å². The summed E-state index contributed by atoms with van der Waals surface area (Å²) in [6, 6.07) is 7.25. The number of methoxy groups -OCH3 is 3. The number of hydroxylamine groups is 2. The molecule has 35 heavy (non-hydrogen) atoms. The molecule has 0 spiro atoms. The Hall–Kier alpha value is -3.23. The average molecular weight is 482 g/mol. The Morgan fingerprint density at radius 3 is 2.46 bits per heavy atom. The molecule has 2 aliphatic rings. The second-order valence-corrected chi connectivity index (χ2v) is 9.59. The number of nitrogens with zero attached hydrogens (tertiary/aromatic N) is 1. The van der Waals surface area contributed by atoms with Gasteiger partial charge < -0.3 is 23.4 Å². The quantitative estimate of drug-likeness (QED) is 0.518. The van der Waals surface area contributed by atoms with E-state index >= 15 is 0 Å². The Morgan fingerprint density at radius 1 is 1.03 bits per heavy atom. The van der Waals surface area contributed by atoms with Gasteiger partial charge in [0.05, 0.1) is 57.1 Å². The van der Waals surface area contributed by atoms with Gasteiger partial charge in [-0.05, 0) is 52.0 Å². The number of aryl methyl sites for hydroxylation is 1. The SMILES string of the molecule is COc1ccc(CN2OC(C)(C)[C@H]3COc4ccc5c(=O)c(C)c(C)oc5c4[C@H]32)c(OC)c1OC. The predicted molar refractivity (Wildman–Crippen MR) is 130 cm³/mol. The zero-order chi connectivity index (χ0) is 25.1. The standard InChI is InChI=1S/C27H31NO7/c1-14-15(2)34-25-17(23(14)29)9-11-19-21(25)22-18(13-33-19)27(3,4)35-28(22)12-16-8-10-20(30-5)26(32-7)24(16)31-6/h8-11,18,22H,12-13H2,1-7H3/t18-,22-/m0/s1. The van der Waals surface area contributed by atoms with Gasteiger partial charge in [-0.15, -0.1) is 0 Å². The predicted octanol–water partition coefficient (Wildman–Crippen LogP) is 4.71. The highest BCUT2D eigenvalue weighted by Gasteiger charge is 2.53. The second kappa shape index (κ2) is 8.46. The molecule has 0 radical (unpaired) electrons. The number of fused-ring (bicyclic) bond motifs is 5. The minimum Gasteiger partial charge on any atom is -0.493 e. The van der Waals surface area contributed by atoms with Crippen LogP contribution in [0.1, 0.15) is 42.3 Å². The normalized spacial score (nSPS) is 20.8. The molecule has 2 aliphatic heterocycles. The maximum Gasteiger partial charge on any atom is 0.203 e. The summed E-state index contributed by atoms with van der Waals surface area (Å²) in [5, 5.41) is 2.49. The van der Waals surface area contributed by atoms with Crippen LogP contribution in [0.4, 0.5) is 0 Å². The van der Waals surface area contributed by atoms with Crippen molar-refractivity contribution in [3.8, 4) is 23.0 Å². The minimum absolute atomic E-state index is 0.0126. The third-order valence-electron chi connectivity index (χ3n) is 7.29. The van der Waals surface area contributed by atoms with Gasteiger partial charge in [0.2, 0.25) is 5.75 Å². The van der Waals surface area contributed by atoms with Crippen LogP contribution in [0.2, 0.25) is 0 Å². The van der Waals surface area contributed by atoms with Crippen molar-refractivity contribution in [2.24, 2.45) is 5.92 Å². The largest absolute Gasteiger partial charge is 0.493 e. The fourth-order valence-electron chi connectivity index (χ4n) is 5.28. The van der Waals surface area contributed by atoms with Gasteiger partial charge in [0.15, 0.2) is 16.9 Å². The first kappa shape index (κ1) is 23.5. The van der Waals surface area contributed by atoms with Crippen molar-refractivity contribution in [3.63, 3.8) is 0 Å². The summed E-state index contributed by atoms with van der Waals surface area (Å²) in [5.74, 6) is 3.01. The molecule has 8 heteroatoms. The van der Waals surface area contributed by atoms with Crippen LogP contribution in [0.5, 0.6) is 23.0 Å². The van der Waals surface area contributed by atoms with Gasteiger partial charge in [0.25, 0.3) is 0 Å². The molecule has 5 rings (SSSR count). The van der Waals surface area contributed by atoms with Crippen molar-refractivity contribution in [2.45, 2.75) is 45.9 Å². The Balaban J connectivity index is 1.67. The third-order valence-corrected chi connectivity index (χ3v) is 7.29. The van der Waals surface area contributed by atoms with Crippen LogP contribution in [0.3, 0.4) is 0 Å².